The molecule has 6 atom stereocenters. The van der Waals surface area contributed by atoms with Crippen molar-refractivity contribution in [3.63, 3.8) is 0 Å². The van der Waals surface area contributed by atoms with E-state index in [1.165, 1.54) is 12.0 Å². The molecule has 4 aliphatic rings. The highest BCUT2D eigenvalue weighted by Crippen LogP contribution is 2.63. The zero-order valence-electron chi connectivity index (χ0n) is 14.9. The summed E-state index contributed by atoms with van der Waals surface area (Å²) in [6.07, 6.45) is 8.68. The van der Waals surface area contributed by atoms with Gasteiger partial charge < -0.3 is 10.2 Å². The summed E-state index contributed by atoms with van der Waals surface area (Å²) in [5.41, 5.74) is 4.38. The number of ketones is 1. The van der Waals surface area contributed by atoms with E-state index in [1.807, 2.05) is 13.0 Å². The second-order valence-electron chi connectivity index (χ2n) is 8.83. The molecule has 0 radical (unpaired) electrons. The molecule has 0 aromatic carbocycles. The molecule has 4 aliphatic carbocycles. The van der Waals surface area contributed by atoms with Gasteiger partial charge in [-0.25, -0.2) is 0 Å². The van der Waals surface area contributed by atoms with Gasteiger partial charge >= 0.3 is 0 Å². The van der Waals surface area contributed by atoms with E-state index in [0.717, 1.165) is 37.7 Å². The molecule has 3 heteroatoms. The Balaban J connectivity index is 1.74. The normalized spacial score (nSPS) is 43.0. The first-order valence-electron chi connectivity index (χ1n) is 9.71. The van der Waals surface area contributed by atoms with Gasteiger partial charge in [0, 0.05) is 18.9 Å². The monoisotopic (exact) mass is 330 g/mol. The lowest BCUT2D eigenvalue weighted by Gasteiger charge is -2.51. The van der Waals surface area contributed by atoms with Crippen molar-refractivity contribution in [3.8, 4) is 0 Å². The van der Waals surface area contributed by atoms with Gasteiger partial charge in [0.2, 0.25) is 0 Å². The molecule has 2 saturated carbocycles. The van der Waals surface area contributed by atoms with Gasteiger partial charge in [-0.15, -0.1) is 0 Å². The lowest BCUT2D eigenvalue weighted by Crippen LogP contribution is -2.44. The molecule has 0 spiro atoms. The summed E-state index contributed by atoms with van der Waals surface area (Å²) in [4.78, 5) is 11.9. The fourth-order valence-corrected chi connectivity index (χ4v) is 6.67. The molecule has 0 saturated heterocycles. The van der Waals surface area contributed by atoms with Gasteiger partial charge in [-0.2, -0.15) is 0 Å². The van der Waals surface area contributed by atoms with Crippen LogP contribution in [0.1, 0.15) is 58.8 Å². The number of hydrogen-bond donors (Lipinski definition) is 2. The Hall–Kier alpha value is -0.930. The Morgan fingerprint density at radius 1 is 1.29 bits per heavy atom. The Kier molecular flexibility index (Phi) is 4.00. The van der Waals surface area contributed by atoms with Crippen molar-refractivity contribution in [2.75, 3.05) is 6.61 Å². The van der Waals surface area contributed by atoms with E-state index < -0.39 is 0 Å². The number of hydrogen-bond acceptors (Lipinski definition) is 3. The Labute approximate surface area is 144 Å². The molecule has 24 heavy (non-hydrogen) atoms. The van der Waals surface area contributed by atoms with Crippen LogP contribution in [0.25, 0.3) is 0 Å². The molecule has 0 aromatic heterocycles. The minimum atomic E-state index is -0.228. The predicted molar refractivity (Wildman–Crippen MR) is 93.3 cm³/mol. The van der Waals surface area contributed by atoms with E-state index in [0.29, 0.717) is 24.2 Å². The zero-order chi connectivity index (χ0) is 17.1. The van der Waals surface area contributed by atoms with Crippen molar-refractivity contribution in [3.05, 3.63) is 22.8 Å². The third-order valence-corrected chi connectivity index (χ3v) is 7.80. The van der Waals surface area contributed by atoms with Crippen LogP contribution in [0.5, 0.6) is 0 Å². The number of aliphatic hydroxyl groups is 2. The average molecular weight is 330 g/mol. The summed E-state index contributed by atoms with van der Waals surface area (Å²) in [5, 5.41) is 20.2. The van der Waals surface area contributed by atoms with Gasteiger partial charge in [0.25, 0.3) is 0 Å². The fraction of sp³-hybridized carbons (Fsp3) is 0.762. The molecule has 2 fully saturated rings. The topological polar surface area (TPSA) is 57.5 Å². The highest BCUT2D eigenvalue weighted by molar-refractivity contribution is 5.93. The fourth-order valence-electron chi connectivity index (χ4n) is 6.67. The molecular weight excluding hydrogens is 300 g/mol. The van der Waals surface area contributed by atoms with Gasteiger partial charge in [-0.1, -0.05) is 12.5 Å². The van der Waals surface area contributed by atoms with Gasteiger partial charge in [-0.05, 0) is 85.8 Å². The second-order valence-corrected chi connectivity index (χ2v) is 8.83. The van der Waals surface area contributed by atoms with Crippen LogP contribution in [-0.2, 0) is 4.79 Å². The summed E-state index contributed by atoms with van der Waals surface area (Å²) in [6.45, 7) is 4.50. The lowest BCUT2D eigenvalue weighted by molar-refractivity contribution is -0.114. The van der Waals surface area contributed by atoms with Crippen molar-refractivity contribution >= 4 is 5.78 Å². The van der Waals surface area contributed by atoms with Crippen LogP contribution in [0, 0.1) is 29.1 Å². The Morgan fingerprint density at radius 3 is 2.79 bits per heavy atom. The quantitative estimate of drug-likeness (QED) is 0.816. The van der Waals surface area contributed by atoms with Crippen molar-refractivity contribution < 1.29 is 15.0 Å². The molecule has 2 N–H and O–H groups in total. The summed E-state index contributed by atoms with van der Waals surface area (Å²) >= 11 is 0. The van der Waals surface area contributed by atoms with Gasteiger partial charge in [0.1, 0.15) is 0 Å². The summed E-state index contributed by atoms with van der Waals surface area (Å²) in [7, 11) is 0. The average Bonchev–Trinajstić information content (AvgIpc) is 2.91. The van der Waals surface area contributed by atoms with E-state index in [1.54, 1.807) is 5.57 Å². The largest absolute Gasteiger partial charge is 0.396 e. The minimum absolute atomic E-state index is 0.131. The molecular formula is C21H30O3. The molecule has 0 bridgehead atoms. The van der Waals surface area contributed by atoms with Crippen molar-refractivity contribution in [2.24, 2.45) is 29.1 Å². The van der Waals surface area contributed by atoms with E-state index in [9.17, 15) is 15.0 Å². The van der Waals surface area contributed by atoms with Crippen LogP contribution >= 0.6 is 0 Å². The number of rotatable bonds is 2. The molecule has 0 unspecified atom stereocenters. The standard InChI is InChI=1S/C21H30O3/c1-12(23)19-5-6-20-18-9-13(11-22)17-10-14(24)3-4-15(17)16(18)7-8-21(19,20)2/h10,12-13,18-20,22-23H,3-9,11H2,1-2H3/t12-,13+,18+,19+,20-,21+/m0/s1. The highest BCUT2D eigenvalue weighted by atomic mass is 16.3. The molecule has 0 heterocycles. The van der Waals surface area contributed by atoms with Gasteiger partial charge in [0.05, 0.1) is 6.10 Å². The maximum atomic E-state index is 11.9. The lowest BCUT2D eigenvalue weighted by atomic mass is 9.54. The van der Waals surface area contributed by atoms with Crippen LogP contribution in [0.3, 0.4) is 0 Å². The molecule has 0 aliphatic heterocycles. The van der Waals surface area contributed by atoms with Gasteiger partial charge in [-0.3, -0.25) is 4.79 Å². The zero-order valence-corrected chi connectivity index (χ0v) is 14.9. The number of aliphatic hydroxyl groups excluding tert-OH is 2. The Morgan fingerprint density at radius 2 is 2.08 bits per heavy atom. The van der Waals surface area contributed by atoms with Crippen LogP contribution in [0.15, 0.2) is 22.8 Å². The summed E-state index contributed by atoms with van der Waals surface area (Å²) in [6, 6.07) is 0. The van der Waals surface area contributed by atoms with Crippen molar-refractivity contribution in [1.29, 1.82) is 0 Å². The first-order valence-corrected chi connectivity index (χ1v) is 9.71. The van der Waals surface area contributed by atoms with Crippen LogP contribution in [0.4, 0.5) is 0 Å². The van der Waals surface area contributed by atoms with Crippen LogP contribution in [0.2, 0.25) is 0 Å². The maximum Gasteiger partial charge on any atom is 0.156 e. The van der Waals surface area contributed by atoms with E-state index in [4.69, 9.17) is 0 Å². The first-order chi connectivity index (χ1) is 11.5. The Bertz CT molecular complexity index is 615. The summed E-state index contributed by atoms with van der Waals surface area (Å²) in [5.74, 6) is 1.94. The number of carbonyl (C=O) groups is 1. The van der Waals surface area contributed by atoms with Crippen molar-refractivity contribution in [1.82, 2.24) is 0 Å². The minimum Gasteiger partial charge on any atom is -0.396 e. The van der Waals surface area contributed by atoms with E-state index in [-0.39, 0.29) is 29.8 Å². The molecule has 3 nitrogen and oxygen atoms in total. The molecule has 0 aromatic rings. The third-order valence-electron chi connectivity index (χ3n) is 7.80. The second kappa shape index (κ2) is 5.81. The predicted octanol–water partition coefficient (Wildman–Crippen LogP) is 3.41. The molecule has 132 valence electrons. The number of allylic oxidation sites excluding steroid dienone is 3. The van der Waals surface area contributed by atoms with Crippen molar-refractivity contribution in [2.45, 2.75) is 64.9 Å². The highest BCUT2D eigenvalue weighted by Gasteiger charge is 2.55. The molecule has 4 rings (SSSR count). The smallest absolute Gasteiger partial charge is 0.156 e. The maximum absolute atomic E-state index is 11.9. The van der Waals surface area contributed by atoms with Crippen LogP contribution < -0.4 is 0 Å². The first kappa shape index (κ1) is 16.5. The summed E-state index contributed by atoms with van der Waals surface area (Å²) < 4.78 is 0. The number of carbonyl (C=O) groups excluding carboxylic acids is 1. The molecule has 0 amide bonds. The van der Waals surface area contributed by atoms with E-state index >= 15 is 0 Å². The third kappa shape index (κ3) is 2.28. The van der Waals surface area contributed by atoms with E-state index in [2.05, 4.69) is 6.92 Å². The van der Waals surface area contributed by atoms with Gasteiger partial charge in [0.15, 0.2) is 5.78 Å². The number of fused-ring (bicyclic) bond motifs is 4. The van der Waals surface area contributed by atoms with Crippen LogP contribution in [-0.4, -0.2) is 28.7 Å². The SMILES string of the molecule is C[C@H](O)[C@H]1CC[C@H]2[C@@H]3C[C@H](CO)C4=CC(=O)CCC4=C3CC[C@]12C.